The van der Waals surface area contributed by atoms with E-state index in [9.17, 15) is 0 Å². The average Bonchev–Trinajstić information content (AvgIpc) is 3.02. The van der Waals surface area contributed by atoms with E-state index in [1.165, 1.54) is 27.8 Å². The van der Waals surface area contributed by atoms with Crippen LogP contribution in [0.25, 0.3) is 11.1 Å². The zero-order chi connectivity index (χ0) is 13.9. The molecule has 0 nitrogen and oxygen atoms in total. The number of hydrogen-bond acceptors (Lipinski definition) is 0. The van der Waals surface area contributed by atoms with E-state index >= 15 is 0 Å². The molecule has 0 aliphatic heterocycles. The summed E-state index contributed by atoms with van der Waals surface area (Å²) in [6.07, 6.45) is 8.52. The van der Waals surface area contributed by atoms with Crippen LogP contribution in [0.15, 0.2) is 60.2 Å². The summed E-state index contributed by atoms with van der Waals surface area (Å²) < 4.78 is 0. The van der Waals surface area contributed by atoms with E-state index in [4.69, 9.17) is 0 Å². The van der Waals surface area contributed by atoms with Crippen molar-refractivity contribution in [3.8, 4) is 11.1 Å². The van der Waals surface area contributed by atoms with Gasteiger partial charge in [-0.2, -0.15) is 35.9 Å². The Balaban J connectivity index is 0.000000426. The van der Waals surface area contributed by atoms with Gasteiger partial charge in [0, 0.05) is 0 Å². The van der Waals surface area contributed by atoms with Gasteiger partial charge in [-0.3, -0.25) is 6.08 Å². The molecule has 0 radical (unpaired) electrons. The predicted molar refractivity (Wildman–Crippen MR) is 84.3 cm³/mol. The topological polar surface area (TPSA) is 0 Å². The summed E-state index contributed by atoms with van der Waals surface area (Å²) in [5.41, 5.74) is 6.78. The third-order valence-electron chi connectivity index (χ3n) is 3.71. The van der Waals surface area contributed by atoms with E-state index in [1.54, 1.807) is 0 Å². The second kappa shape index (κ2) is 10.3. The van der Waals surface area contributed by atoms with E-state index in [1.807, 2.05) is 6.07 Å². The molecular weight excluding hydrogens is 490 g/mol. The van der Waals surface area contributed by atoms with Crippen molar-refractivity contribution in [2.45, 2.75) is 20.3 Å². The Kier molecular flexibility index (Phi) is 10.00. The third kappa shape index (κ3) is 5.45. The van der Waals surface area contributed by atoms with Crippen LogP contribution in [0, 0.1) is 18.1 Å². The predicted octanol–water partition coefficient (Wildman–Crippen LogP) is -0.995. The Labute approximate surface area is 170 Å². The molecule has 0 bridgehead atoms. The van der Waals surface area contributed by atoms with Crippen LogP contribution in [0.2, 0.25) is 0 Å². The van der Waals surface area contributed by atoms with E-state index < -0.39 is 0 Å². The molecule has 116 valence electrons. The molecule has 0 amide bonds. The van der Waals surface area contributed by atoms with Gasteiger partial charge in [0.05, 0.1) is 0 Å². The molecule has 0 fully saturated rings. The summed E-state index contributed by atoms with van der Waals surface area (Å²) in [5.74, 6) is 0.556. The van der Waals surface area contributed by atoms with Gasteiger partial charge in [0.25, 0.3) is 0 Å². The van der Waals surface area contributed by atoms with Gasteiger partial charge in [0.1, 0.15) is 0 Å². The molecular formula is C20H18Cl2Hf. The molecule has 0 heterocycles. The smallest absolute Gasteiger partial charge is 1.00 e. The summed E-state index contributed by atoms with van der Waals surface area (Å²) in [6.45, 7) is 4.20. The molecule has 1 atom stereocenters. The minimum Gasteiger partial charge on any atom is -1.00 e. The van der Waals surface area contributed by atoms with Crippen molar-refractivity contribution < 1.29 is 50.7 Å². The zero-order valence-corrected chi connectivity index (χ0v) is 18.3. The first-order chi connectivity index (χ1) is 9.74. The fraction of sp³-hybridized carbons (Fsp3) is 0.200. The van der Waals surface area contributed by atoms with Crippen molar-refractivity contribution in [2.75, 3.05) is 0 Å². The summed E-state index contributed by atoms with van der Waals surface area (Å²) in [4.78, 5) is 0. The molecule has 0 N–H and O–H groups in total. The summed E-state index contributed by atoms with van der Waals surface area (Å²) in [7, 11) is 0. The Hall–Kier alpha value is -0.630. The molecule has 2 aromatic rings. The van der Waals surface area contributed by atoms with Gasteiger partial charge >= 0.3 is 25.8 Å². The van der Waals surface area contributed by atoms with E-state index in [0.717, 1.165) is 6.42 Å². The van der Waals surface area contributed by atoms with Crippen LogP contribution in [0.3, 0.4) is 0 Å². The van der Waals surface area contributed by atoms with Crippen LogP contribution in [0.1, 0.15) is 25.0 Å². The summed E-state index contributed by atoms with van der Waals surface area (Å²) in [6, 6.07) is 18.1. The normalized spacial score (nSPS) is 15.6. The average molecular weight is 508 g/mol. The number of halogens is 2. The van der Waals surface area contributed by atoms with Crippen LogP contribution in [0.5, 0.6) is 0 Å². The molecule has 4 rings (SSSR count). The van der Waals surface area contributed by atoms with Crippen LogP contribution in [-0.2, 0) is 32.3 Å². The van der Waals surface area contributed by atoms with Gasteiger partial charge in [-0.1, -0.05) is 55.2 Å². The maximum Gasteiger partial charge on any atom is 4.00 e. The zero-order valence-electron chi connectivity index (χ0n) is 13.2. The Morgan fingerprint density at radius 3 is 2.30 bits per heavy atom. The van der Waals surface area contributed by atoms with Crippen molar-refractivity contribution in [1.29, 1.82) is 0 Å². The van der Waals surface area contributed by atoms with Gasteiger partial charge < -0.3 is 24.8 Å². The summed E-state index contributed by atoms with van der Waals surface area (Å²) >= 11 is 0. The number of allylic oxidation sites excluding steroid dienone is 4. The molecule has 3 heteroatoms. The van der Waals surface area contributed by atoms with E-state index in [2.05, 4.69) is 74.5 Å². The molecule has 2 aliphatic carbocycles. The molecule has 0 saturated heterocycles. The Morgan fingerprint density at radius 2 is 1.70 bits per heavy atom. The fourth-order valence-corrected chi connectivity index (χ4v) is 2.74. The van der Waals surface area contributed by atoms with Crippen LogP contribution >= 0.6 is 0 Å². The van der Waals surface area contributed by atoms with Gasteiger partial charge in [0.15, 0.2) is 0 Å². The Bertz CT molecular complexity index is 646. The molecule has 0 spiro atoms. The SMILES string of the molecule is CC1=[C-]C(C)C=C1.[Cl-].[Cl-].[Hf+4].[c-]1cccc2c1Cc1ccccc1-2. The first-order valence-electron chi connectivity index (χ1n) is 7.10. The third-order valence-corrected chi connectivity index (χ3v) is 3.71. The van der Waals surface area contributed by atoms with Crippen molar-refractivity contribution in [1.82, 2.24) is 0 Å². The van der Waals surface area contributed by atoms with Crippen molar-refractivity contribution in [2.24, 2.45) is 5.92 Å². The van der Waals surface area contributed by atoms with Crippen LogP contribution in [0.4, 0.5) is 0 Å². The van der Waals surface area contributed by atoms with Crippen molar-refractivity contribution in [3.63, 3.8) is 0 Å². The van der Waals surface area contributed by atoms with Gasteiger partial charge in [0.2, 0.25) is 0 Å². The first kappa shape index (κ1) is 22.4. The van der Waals surface area contributed by atoms with Crippen molar-refractivity contribution >= 4 is 0 Å². The number of hydrogen-bond donors (Lipinski definition) is 0. The largest absolute Gasteiger partial charge is 4.00 e. The molecule has 2 aromatic carbocycles. The van der Waals surface area contributed by atoms with Gasteiger partial charge in [-0.15, -0.1) is 5.56 Å². The second-order valence-corrected chi connectivity index (χ2v) is 5.37. The maximum absolute atomic E-state index is 3.30. The van der Waals surface area contributed by atoms with Crippen LogP contribution in [-0.4, -0.2) is 0 Å². The standard InChI is InChI=1S/C13H9.C7H9.2ClH.Hf/c1-3-7-12-10(5-1)9-11-6-2-4-8-13(11)12;1-6-3-4-7(2)5-6;;;/h1-5,7-8H,9H2;3-4,6H,1-2H3;2*1H;/q2*-1;;;+4/p-2. The molecule has 2 aliphatic rings. The number of benzene rings is 2. The maximum atomic E-state index is 3.30. The molecule has 23 heavy (non-hydrogen) atoms. The molecule has 1 unspecified atom stereocenters. The summed E-state index contributed by atoms with van der Waals surface area (Å²) in [5, 5.41) is 0. The van der Waals surface area contributed by atoms with E-state index in [-0.39, 0.29) is 50.7 Å². The number of fused-ring (bicyclic) bond motifs is 3. The second-order valence-electron chi connectivity index (χ2n) is 5.37. The minimum atomic E-state index is 0. The van der Waals surface area contributed by atoms with Crippen LogP contribution < -0.4 is 24.8 Å². The van der Waals surface area contributed by atoms with E-state index in [0.29, 0.717) is 5.92 Å². The monoisotopic (exact) mass is 508 g/mol. The molecule has 0 aromatic heterocycles. The van der Waals surface area contributed by atoms with Gasteiger partial charge in [-0.25, -0.2) is 11.6 Å². The first-order valence-corrected chi connectivity index (χ1v) is 7.10. The minimum absolute atomic E-state index is 0. The van der Waals surface area contributed by atoms with Gasteiger partial charge in [-0.05, 0) is 6.42 Å². The number of rotatable bonds is 0. The fourth-order valence-electron chi connectivity index (χ4n) is 2.74. The van der Waals surface area contributed by atoms with Crippen molar-refractivity contribution in [3.05, 3.63) is 83.5 Å². The molecule has 0 saturated carbocycles. The quantitative estimate of drug-likeness (QED) is 0.271. The Morgan fingerprint density at radius 1 is 1.00 bits per heavy atom.